The van der Waals surface area contributed by atoms with Crippen molar-refractivity contribution in [3.8, 4) is 0 Å². The van der Waals surface area contributed by atoms with Crippen LogP contribution in [0, 0.1) is 5.82 Å². The molecule has 0 bridgehead atoms. The van der Waals surface area contributed by atoms with Crippen LogP contribution in [-0.2, 0) is 12.8 Å². The predicted molar refractivity (Wildman–Crippen MR) is 106 cm³/mol. The van der Waals surface area contributed by atoms with Gasteiger partial charge >= 0.3 is 0 Å². The lowest BCUT2D eigenvalue weighted by atomic mass is 9.97. The van der Waals surface area contributed by atoms with Crippen LogP contribution < -0.4 is 0 Å². The van der Waals surface area contributed by atoms with Crippen molar-refractivity contribution >= 4 is 40.2 Å². The van der Waals surface area contributed by atoms with Gasteiger partial charge in [-0.25, -0.2) is 14.4 Å². The first kappa shape index (κ1) is 19.0. The van der Waals surface area contributed by atoms with Crippen LogP contribution in [0.2, 0.25) is 5.02 Å². The molecule has 2 heterocycles. The Kier molecular flexibility index (Phi) is 5.77. The Morgan fingerprint density at radius 1 is 1.38 bits per heavy atom. The maximum absolute atomic E-state index is 13.3. The van der Waals surface area contributed by atoms with Gasteiger partial charge in [0.1, 0.15) is 11.9 Å². The molecule has 1 aliphatic rings. The average Bonchev–Trinajstić information content (AvgIpc) is 3.01. The van der Waals surface area contributed by atoms with E-state index in [1.165, 1.54) is 6.07 Å². The molecule has 3 rings (SSSR count). The fraction of sp³-hybridized carbons (Fsp3) is 0.316. The monoisotopic (exact) mass is 391 g/mol. The minimum absolute atomic E-state index is 0.0858. The molecule has 2 aromatic rings. The summed E-state index contributed by atoms with van der Waals surface area (Å²) < 4.78 is 13.3. The van der Waals surface area contributed by atoms with Gasteiger partial charge in [0.05, 0.1) is 10.7 Å². The standard InChI is InChI=1S/C19H19ClFN3OS/c1-24(2)10-17(25)16-9-13-12(5-6-22-19(13)23-16)18(26)8-11-3-4-15(21)14(20)7-11/h3-7,17,25H,8-10H2,1-2H3. The van der Waals surface area contributed by atoms with Crippen molar-refractivity contribution in [2.24, 2.45) is 4.99 Å². The minimum atomic E-state index is -0.642. The van der Waals surface area contributed by atoms with E-state index in [0.29, 0.717) is 35.8 Å². The van der Waals surface area contributed by atoms with Crippen LogP contribution >= 0.6 is 23.8 Å². The fourth-order valence-electron chi connectivity index (χ4n) is 2.94. The molecule has 26 heavy (non-hydrogen) atoms. The topological polar surface area (TPSA) is 48.7 Å². The summed E-state index contributed by atoms with van der Waals surface area (Å²) in [5, 5.41) is 10.4. The number of thiocarbonyl (C=S) groups is 1. The molecule has 0 saturated heterocycles. The molecule has 1 aliphatic heterocycles. The third kappa shape index (κ3) is 4.15. The highest BCUT2D eigenvalue weighted by Crippen LogP contribution is 2.29. The van der Waals surface area contributed by atoms with Gasteiger partial charge in [-0.05, 0) is 43.4 Å². The molecular formula is C19H19ClFN3OS. The second-order valence-corrected chi connectivity index (χ2v) is 7.47. The predicted octanol–water partition coefficient (Wildman–Crippen LogP) is 3.39. The van der Waals surface area contributed by atoms with Gasteiger partial charge in [0, 0.05) is 36.0 Å². The van der Waals surface area contributed by atoms with Gasteiger partial charge in [-0.15, -0.1) is 0 Å². The highest BCUT2D eigenvalue weighted by atomic mass is 35.5. The normalized spacial score (nSPS) is 14.3. The number of pyridine rings is 1. The molecule has 1 aromatic carbocycles. The summed E-state index contributed by atoms with van der Waals surface area (Å²) in [6.45, 7) is 0.501. The van der Waals surface area contributed by atoms with Gasteiger partial charge in [0.2, 0.25) is 0 Å². The molecule has 7 heteroatoms. The lowest BCUT2D eigenvalue weighted by molar-refractivity contribution is 0.193. The summed E-state index contributed by atoms with van der Waals surface area (Å²) in [5.74, 6) is 0.161. The maximum atomic E-state index is 13.3. The van der Waals surface area contributed by atoms with Crippen LogP contribution in [0.15, 0.2) is 35.5 Å². The molecular weight excluding hydrogens is 373 g/mol. The number of hydrogen-bond donors (Lipinski definition) is 1. The average molecular weight is 392 g/mol. The zero-order valence-electron chi connectivity index (χ0n) is 14.5. The van der Waals surface area contributed by atoms with Crippen LogP contribution in [0.3, 0.4) is 0 Å². The molecule has 0 saturated carbocycles. The summed E-state index contributed by atoms with van der Waals surface area (Å²) in [4.78, 5) is 11.4. The van der Waals surface area contributed by atoms with E-state index in [2.05, 4.69) is 9.98 Å². The van der Waals surface area contributed by atoms with Crippen molar-refractivity contribution in [2.45, 2.75) is 18.9 Å². The maximum Gasteiger partial charge on any atom is 0.156 e. The van der Waals surface area contributed by atoms with E-state index in [-0.39, 0.29) is 5.02 Å². The molecule has 0 amide bonds. The van der Waals surface area contributed by atoms with Crippen molar-refractivity contribution in [3.63, 3.8) is 0 Å². The van der Waals surface area contributed by atoms with Crippen molar-refractivity contribution < 1.29 is 9.50 Å². The Hall–Kier alpha value is -1.73. The molecule has 136 valence electrons. The molecule has 0 spiro atoms. The second-order valence-electron chi connectivity index (χ2n) is 6.57. The number of nitrogens with zero attached hydrogens (tertiary/aromatic N) is 3. The number of aliphatic hydroxyl groups is 1. The van der Waals surface area contributed by atoms with E-state index in [4.69, 9.17) is 23.8 Å². The molecule has 1 aromatic heterocycles. The Balaban J connectivity index is 1.79. The molecule has 0 fully saturated rings. The van der Waals surface area contributed by atoms with Gasteiger partial charge in [-0.3, -0.25) is 0 Å². The Morgan fingerprint density at radius 3 is 2.85 bits per heavy atom. The lowest BCUT2D eigenvalue weighted by Gasteiger charge is -2.15. The van der Waals surface area contributed by atoms with Crippen molar-refractivity contribution in [2.75, 3.05) is 20.6 Å². The number of benzene rings is 1. The van der Waals surface area contributed by atoms with E-state index < -0.39 is 11.9 Å². The van der Waals surface area contributed by atoms with E-state index in [0.717, 1.165) is 16.7 Å². The van der Waals surface area contributed by atoms with Gasteiger partial charge in [0.25, 0.3) is 0 Å². The van der Waals surface area contributed by atoms with E-state index in [9.17, 15) is 9.50 Å². The molecule has 1 unspecified atom stereocenters. The number of rotatable bonds is 6. The first-order chi connectivity index (χ1) is 12.3. The van der Waals surface area contributed by atoms with Gasteiger partial charge in [0.15, 0.2) is 5.82 Å². The summed E-state index contributed by atoms with van der Waals surface area (Å²) in [7, 11) is 3.80. The minimum Gasteiger partial charge on any atom is -0.386 e. The van der Waals surface area contributed by atoms with Gasteiger partial charge < -0.3 is 10.0 Å². The van der Waals surface area contributed by atoms with E-state index in [1.807, 2.05) is 25.1 Å². The summed E-state index contributed by atoms with van der Waals surface area (Å²) in [6, 6.07) is 6.48. The lowest BCUT2D eigenvalue weighted by Crippen LogP contribution is -2.32. The first-order valence-corrected chi connectivity index (χ1v) is 8.99. The number of aliphatic imine (C=N–C) groups is 1. The fourth-order valence-corrected chi connectivity index (χ4v) is 3.50. The van der Waals surface area contributed by atoms with Crippen LogP contribution in [-0.4, -0.2) is 52.3 Å². The molecule has 1 N–H and O–H groups in total. The number of fused-ring (bicyclic) bond motifs is 1. The van der Waals surface area contributed by atoms with Crippen molar-refractivity contribution in [1.82, 2.24) is 9.88 Å². The molecule has 0 aliphatic carbocycles. The van der Waals surface area contributed by atoms with E-state index >= 15 is 0 Å². The smallest absolute Gasteiger partial charge is 0.156 e. The van der Waals surface area contributed by atoms with Crippen molar-refractivity contribution in [3.05, 3.63) is 58.0 Å². The van der Waals surface area contributed by atoms with E-state index in [1.54, 1.807) is 18.3 Å². The van der Waals surface area contributed by atoms with Crippen molar-refractivity contribution in [1.29, 1.82) is 0 Å². The van der Waals surface area contributed by atoms with Crippen LogP contribution in [0.5, 0.6) is 0 Å². The second kappa shape index (κ2) is 7.88. The Labute approximate surface area is 162 Å². The molecule has 4 nitrogen and oxygen atoms in total. The Bertz CT molecular complexity index is 885. The SMILES string of the molecule is CN(C)CC(O)C1=Nc2nccc(C(=S)Cc3ccc(F)c(Cl)c3)c2C1. The molecule has 0 radical (unpaired) electrons. The number of hydrogen-bond acceptors (Lipinski definition) is 5. The van der Waals surface area contributed by atoms with Gasteiger partial charge in [-0.2, -0.15) is 0 Å². The highest BCUT2D eigenvalue weighted by molar-refractivity contribution is 7.80. The van der Waals surface area contributed by atoms with Gasteiger partial charge in [-0.1, -0.05) is 29.9 Å². The zero-order chi connectivity index (χ0) is 18.8. The summed E-state index contributed by atoms with van der Waals surface area (Å²) >= 11 is 11.5. The van der Waals surface area contributed by atoms with Crippen LogP contribution in [0.4, 0.5) is 10.2 Å². The highest BCUT2D eigenvalue weighted by Gasteiger charge is 2.25. The number of halogens is 2. The largest absolute Gasteiger partial charge is 0.386 e. The molecule has 1 atom stereocenters. The van der Waals surface area contributed by atoms with Crippen LogP contribution in [0.1, 0.15) is 16.7 Å². The number of aromatic nitrogens is 1. The zero-order valence-corrected chi connectivity index (χ0v) is 16.1. The first-order valence-electron chi connectivity index (χ1n) is 8.20. The third-order valence-electron chi connectivity index (χ3n) is 4.21. The Morgan fingerprint density at radius 2 is 2.15 bits per heavy atom. The summed E-state index contributed by atoms with van der Waals surface area (Å²) in [6.07, 6.45) is 2.03. The quantitative estimate of drug-likeness (QED) is 0.605. The number of aliphatic hydroxyl groups excluding tert-OH is 1. The van der Waals surface area contributed by atoms with Crippen LogP contribution in [0.25, 0.3) is 0 Å². The summed E-state index contributed by atoms with van der Waals surface area (Å²) in [5.41, 5.74) is 3.36. The number of likely N-dealkylation sites (N-methyl/N-ethyl adjacent to an activating group) is 1. The third-order valence-corrected chi connectivity index (χ3v) is 4.87.